The maximum atomic E-state index is 2.79. The average molecular weight is 490 g/mol. The van der Waals surface area contributed by atoms with Crippen LogP contribution in [0.2, 0.25) is 0 Å². The molecule has 1 saturated carbocycles. The van der Waals surface area contributed by atoms with Crippen LogP contribution in [0.15, 0.2) is 54.6 Å². The van der Waals surface area contributed by atoms with Gasteiger partial charge in [-0.05, 0) is 117 Å². The van der Waals surface area contributed by atoms with Crippen LogP contribution in [0, 0.1) is 13.8 Å². The Morgan fingerprint density at radius 1 is 0.811 bits per heavy atom. The number of para-hydroxylation sites is 1. The summed E-state index contributed by atoms with van der Waals surface area (Å²) in [6, 6.07) is 21.3. The van der Waals surface area contributed by atoms with E-state index in [1.165, 1.54) is 70.5 Å². The summed E-state index contributed by atoms with van der Waals surface area (Å²) in [5.41, 5.74) is 13.1. The number of fused-ring (bicyclic) bond motifs is 7. The van der Waals surface area contributed by atoms with Crippen molar-refractivity contribution in [3.8, 4) is 17.1 Å². The highest BCUT2D eigenvalue weighted by Gasteiger charge is 2.56. The van der Waals surface area contributed by atoms with Crippen molar-refractivity contribution in [2.24, 2.45) is 0 Å². The van der Waals surface area contributed by atoms with Crippen molar-refractivity contribution in [1.82, 2.24) is 4.57 Å². The predicted molar refractivity (Wildman–Crippen MR) is 154 cm³/mol. The molecule has 4 aromatic rings. The summed E-state index contributed by atoms with van der Waals surface area (Å²) in [7, 11) is 0. The summed E-state index contributed by atoms with van der Waals surface area (Å²) in [4.78, 5) is 0. The van der Waals surface area contributed by atoms with E-state index in [0.29, 0.717) is 0 Å². The molecule has 1 fully saturated rings. The molecule has 190 valence electrons. The number of imidazole rings is 1. The molecular weight excluding hydrogens is 448 g/mol. The van der Waals surface area contributed by atoms with E-state index in [0.717, 1.165) is 24.7 Å². The second-order valence-corrected chi connectivity index (χ2v) is 12.6. The Bertz CT molecular complexity index is 1540. The highest BCUT2D eigenvalue weighted by atomic mass is 15.2. The number of aryl methyl sites for hydroxylation is 2. The highest BCUT2D eigenvalue weighted by Crippen LogP contribution is 2.54. The first kappa shape index (κ1) is 23.3. The SMILES string of the molecule is CCC1(C)c2ccccc2-c2n(-c3c(C)cccc3C)c3cc4c(cc3[n+]2C1(C)CC)C1CCC4CC1. The zero-order valence-electron chi connectivity index (χ0n) is 23.5. The second kappa shape index (κ2) is 7.82. The lowest BCUT2D eigenvalue weighted by molar-refractivity contribution is -0.743. The third-order valence-corrected chi connectivity index (χ3v) is 11.2. The van der Waals surface area contributed by atoms with Gasteiger partial charge in [0.05, 0.1) is 5.56 Å². The zero-order valence-corrected chi connectivity index (χ0v) is 23.5. The van der Waals surface area contributed by atoms with Crippen LogP contribution in [-0.2, 0) is 11.0 Å². The largest absolute Gasteiger partial charge is 0.295 e. The minimum Gasteiger partial charge on any atom is -0.216 e. The normalized spacial score (nSPS) is 27.7. The molecule has 3 aliphatic carbocycles. The molecule has 37 heavy (non-hydrogen) atoms. The molecule has 3 aromatic carbocycles. The van der Waals surface area contributed by atoms with E-state index in [1.54, 1.807) is 11.1 Å². The maximum absolute atomic E-state index is 2.79. The number of benzene rings is 3. The van der Waals surface area contributed by atoms with Crippen LogP contribution in [0.4, 0.5) is 0 Å². The Morgan fingerprint density at radius 3 is 2.05 bits per heavy atom. The number of aromatic nitrogens is 2. The molecule has 2 heteroatoms. The van der Waals surface area contributed by atoms with Crippen LogP contribution in [0.5, 0.6) is 0 Å². The number of hydrogen-bond acceptors (Lipinski definition) is 0. The van der Waals surface area contributed by atoms with Gasteiger partial charge in [0.2, 0.25) is 0 Å². The lowest BCUT2D eigenvalue weighted by atomic mass is 9.61. The number of hydrogen-bond donors (Lipinski definition) is 0. The maximum Gasteiger partial charge on any atom is 0.295 e. The fourth-order valence-corrected chi connectivity index (χ4v) is 8.66. The molecular formula is C35H41N2+. The van der Waals surface area contributed by atoms with Crippen LogP contribution >= 0.6 is 0 Å². The predicted octanol–water partition coefficient (Wildman–Crippen LogP) is 8.76. The van der Waals surface area contributed by atoms with Gasteiger partial charge in [0.25, 0.3) is 5.82 Å². The Hall–Kier alpha value is -2.87. The molecule has 2 heterocycles. The van der Waals surface area contributed by atoms with Crippen molar-refractivity contribution in [3.63, 3.8) is 0 Å². The molecule has 0 N–H and O–H groups in total. The lowest BCUT2D eigenvalue weighted by Crippen LogP contribution is -2.67. The van der Waals surface area contributed by atoms with Gasteiger partial charge in [-0.2, -0.15) is 4.57 Å². The van der Waals surface area contributed by atoms with Crippen molar-refractivity contribution in [1.29, 1.82) is 0 Å². The van der Waals surface area contributed by atoms with Gasteiger partial charge in [-0.1, -0.05) is 57.2 Å². The summed E-state index contributed by atoms with van der Waals surface area (Å²) >= 11 is 0. The van der Waals surface area contributed by atoms with Gasteiger partial charge in [-0.15, -0.1) is 0 Å². The molecule has 2 unspecified atom stereocenters. The van der Waals surface area contributed by atoms with Gasteiger partial charge in [0.15, 0.2) is 11.0 Å². The zero-order chi connectivity index (χ0) is 25.7. The third kappa shape index (κ3) is 2.80. The fourth-order valence-electron chi connectivity index (χ4n) is 8.66. The van der Waals surface area contributed by atoms with Gasteiger partial charge >= 0.3 is 0 Å². The topological polar surface area (TPSA) is 8.81 Å². The van der Waals surface area contributed by atoms with E-state index in [9.17, 15) is 0 Å². The van der Waals surface area contributed by atoms with Crippen LogP contribution in [0.3, 0.4) is 0 Å². The number of nitrogens with zero attached hydrogens (tertiary/aromatic N) is 2. The molecule has 0 amide bonds. The van der Waals surface area contributed by atoms with Crippen molar-refractivity contribution in [2.75, 3.05) is 0 Å². The first-order valence-corrected chi connectivity index (χ1v) is 14.6. The van der Waals surface area contributed by atoms with Crippen molar-refractivity contribution < 1.29 is 4.57 Å². The van der Waals surface area contributed by atoms with E-state index >= 15 is 0 Å². The smallest absolute Gasteiger partial charge is 0.216 e. The van der Waals surface area contributed by atoms with Crippen LogP contribution in [-0.4, -0.2) is 4.57 Å². The van der Waals surface area contributed by atoms with E-state index in [2.05, 4.69) is 105 Å². The Kier molecular flexibility index (Phi) is 4.92. The number of rotatable bonds is 3. The summed E-state index contributed by atoms with van der Waals surface area (Å²) in [5, 5.41) is 0. The first-order chi connectivity index (χ1) is 17.8. The summed E-state index contributed by atoms with van der Waals surface area (Å²) in [6.45, 7) is 14.4. The molecule has 0 radical (unpaired) electrons. The van der Waals surface area contributed by atoms with Crippen LogP contribution in [0.1, 0.15) is 106 Å². The molecule has 1 aliphatic heterocycles. The lowest BCUT2D eigenvalue weighted by Gasteiger charge is -2.48. The Labute approximate surface area is 222 Å². The molecule has 0 spiro atoms. The van der Waals surface area contributed by atoms with Crippen LogP contribution < -0.4 is 4.57 Å². The molecule has 8 rings (SSSR count). The van der Waals surface area contributed by atoms with Crippen molar-refractivity contribution in [3.05, 3.63) is 82.4 Å². The highest BCUT2D eigenvalue weighted by molar-refractivity contribution is 5.84. The van der Waals surface area contributed by atoms with E-state index in [4.69, 9.17) is 0 Å². The van der Waals surface area contributed by atoms with Gasteiger partial charge in [0.1, 0.15) is 11.2 Å². The van der Waals surface area contributed by atoms with Gasteiger partial charge in [-0.3, -0.25) is 0 Å². The Morgan fingerprint density at radius 2 is 1.43 bits per heavy atom. The van der Waals surface area contributed by atoms with Gasteiger partial charge in [0, 0.05) is 5.41 Å². The Balaban J connectivity index is 1.72. The van der Waals surface area contributed by atoms with E-state index in [1.807, 2.05) is 0 Å². The second-order valence-electron chi connectivity index (χ2n) is 12.6. The summed E-state index contributed by atoms with van der Waals surface area (Å²) in [5.74, 6) is 2.84. The summed E-state index contributed by atoms with van der Waals surface area (Å²) in [6.07, 6.45) is 7.68. The van der Waals surface area contributed by atoms with Crippen LogP contribution in [0.25, 0.3) is 28.1 Å². The third-order valence-electron chi connectivity index (χ3n) is 11.2. The van der Waals surface area contributed by atoms with E-state index in [-0.39, 0.29) is 11.0 Å². The molecule has 2 atom stereocenters. The first-order valence-electron chi connectivity index (χ1n) is 14.6. The minimum absolute atomic E-state index is 0.0343. The molecule has 0 saturated heterocycles. The minimum atomic E-state index is -0.0343. The molecule has 4 aliphatic rings. The van der Waals surface area contributed by atoms with E-state index < -0.39 is 0 Å². The molecule has 2 bridgehead atoms. The quantitative estimate of drug-likeness (QED) is 0.254. The van der Waals surface area contributed by atoms with Gasteiger partial charge in [-0.25, -0.2) is 4.57 Å². The standard InChI is InChI=1S/C35H41N2/c1-7-34(5)29-15-10-9-14-26(29)33-36(32-22(3)12-11-13-23(32)4)30-20-27-24-16-18-25(19-17-24)28(27)21-31(30)37(33)35(34,6)8-2/h9-15,20-21,24-25H,7-8,16-19H2,1-6H3/q+1. The van der Waals surface area contributed by atoms with Crippen molar-refractivity contribution >= 4 is 11.0 Å². The van der Waals surface area contributed by atoms with Gasteiger partial charge < -0.3 is 0 Å². The summed E-state index contributed by atoms with van der Waals surface area (Å²) < 4.78 is 5.45. The molecule has 2 nitrogen and oxygen atoms in total. The fraction of sp³-hybridized carbons (Fsp3) is 0.457. The van der Waals surface area contributed by atoms with Crippen molar-refractivity contribution in [2.45, 2.75) is 103 Å². The molecule has 1 aromatic heterocycles. The average Bonchev–Trinajstić information content (AvgIpc) is 3.26. The monoisotopic (exact) mass is 489 g/mol.